The van der Waals surface area contributed by atoms with Crippen molar-refractivity contribution in [2.45, 2.75) is 20.3 Å². The number of hydrogen-bond donors (Lipinski definition) is 1. The molecule has 2 amide bonds. The quantitative estimate of drug-likeness (QED) is 0.909. The predicted octanol–water partition coefficient (Wildman–Crippen LogP) is 3.39. The van der Waals surface area contributed by atoms with Crippen molar-refractivity contribution in [3.63, 3.8) is 0 Å². The molecule has 1 fully saturated rings. The minimum atomic E-state index is -0.372. The number of nitrogens with one attached hydrogen (secondary N) is 1. The summed E-state index contributed by atoms with van der Waals surface area (Å²) >= 11 is 0. The number of carbonyl (C=O) groups is 2. The maximum Gasteiger partial charge on any atom is 0.229 e. The monoisotopic (exact) mass is 338 g/mol. The molecule has 1 aliphatic heterocycles. The fraction of sp³-hybridized carbons (Fsp3) is 0.300. The van der Waals surface area contributed by atoms with Gasteiger partial charge in [-0.25, -0.2) is 0 Å². The molecule has 0 radical (unpaired) electrons. The summed E-state index contributed by atoms with van der Waals surface area (Å²) in [6.07, 6.45) is 0.207. The van der Waals surface area contributed by atoms with Gasteiger partial charge in [-0.2, -0.15) is 0 Å². The van der Waals surface area contributed by atoms with Gasteiger partial charge in [0.15, 0.2) is 0 Å². The summed E-state index contributed by atoms with van der Waals surface area (Å²) in [5, 5.41) is 2.89. The number of rotatable bonds is 5. The number of amides is 2. The first-order chi connectivity index (χ1) is 12.1. The molecular weight excluding hydrogens is 316 g/mol. The Kier molecular flexibility index (Phi) is 5.03. The van der Waals surface area contributed by atoms with Gasteiger partial charge >= 0.3 is 0 Å². The Bertz CT molecular complexity index is 771. The predicted molar refractivity (Wildman–Crippen MR) is 97.9 cm³/mol. The van der Waals surface area contributed by atoms with Crippen molar-refractivity contribution in [1.29, 1.82) is 0 Å². The van der Waals surface area contributed by atoms with Crippen LogP contribution < -0.4 is 15.0 Å². The maximum atomic E-state index is 12.5. The average Bonchev–Trinajstić information content (AvgIpc) is 2.99. The lowest BCUT2D eigenvalue weighted by Gasteiger charge is -2.20. The van der Waals surface area contributed by atoms with Crippen molar-refractivity contribution >= 4 is 23.2 Å². The first-order valence-electron chi connectivity index (χ1n) is 8.48. The van der Waals surface area contributed by atoms with Crippen LogP contribution in [0, 0.1) is 12.8 Å². The number of aryl methyl sites for hydroxylation is 1. The molecule has 25 heavy (non-hydrogen) atoms. The van der Waals surface area contributed by atoms with Crippen LogP contribution in [-0.4, -0.2) is 25.0 Å². The van der Waals surface area contributed by atoms with E-state index < -0.39 is 0 Å². The van der Waals surface area contributed by atoms with Crippen LogP contribution in [0.4, 0.5) is 11.4 Å². The van der Waals surface area contributed by atoms with Crippen molar-refractivity contribution < 1.29 is 14.3 Å². The molecule has 0 aromatic heterocycles. The fourth-order valence-electron chi connectivity index (χ4n) is 2.95. The van der Waals surface area contributed by atoms with Gasteiger partial charge < -0.3 is 15.0 Å². The van der Waals surface area contributed by atoms with Gasteiger partial charge in [0.05, 0.1) is 18.2 Å². The molecule has 0 saturated carbocycles. The van der Waals surface area contributed by atoms with Crippen molar-refractivity contribution in [3.05, 3.63) is 54.1 Å². The zero-order chi connectivity index (χ0) is 17.8. The number of carbonyl (C=O) groups excluding carboxylic acids is 2. The van der Waals surface area contributed by atoms with Gasteiger partial charge in [0.25, 0.3) is 0 Å². The minimum absolute atomic E-state index is 0.0591. The third-order valence-corrected chi connectivity index (χ3v) is 4.27. The first kappa shape index (κ1) is 17.0. The van der Waals surface area contributed by atoms with Crippen LogP contribution in [-0.2, 0) is 9.59 Å². The van der Waals surface area contributed by atoms with Gasteiger partial charge in [0.2, 0.25) is 11.8 Å². The van der Waals surface area contributed by atoms with Crippen LogP contribution in [0.15, 0.2) is 48.5 Å². The molecule has 1 atom stereocenters. The minimum Gasteiger partial charge on any atom is -0.492 e. The molecule has 0 unspecified atom stereocenters. The van der Waals surface area contributed by atoms with E-state index in [-0.39, 0.29) is 24.2 Å². The second kappa shape index (κ2) is 7.38. The lowest BCUT2D eigenvalue weighted by molar-refractivity contribution is -0.122. The normalized spacial score (nSPS) is 16.8. The van der Waals surface area contributed by atoms with E-state index >= 15 is 0 Å². The van der Waals surface area contributed by atoms with E-state index in [1.165, 1.54) is 0 Å². The summed E-state index contributed by atoms with van der Waals surface area (Å²) in [7, 11) is 0. The highest BCUT2D eigenvalue weighted by molar-refractivity contribution is 6.04. The van der Waals surface area contributed by atoms with Gasteiger partial charge in [-0.3, -0.25) is 9.59 Å². The van der Waals surface area contributed by atoms with Gasteiger partial charge in [-0.15, -0.1) is 0 Å². The molecule has 2 aromatic carbocycles. The van der Waals surface area contributed by atoms with Crippen LogP contribution in [0.2, 0.25) is 0 Å². The molecule has 1 N–H and O–H groups in total. The molecule has 1 heterocycles. The third-order valence-electron chi connectivity index (χ3n) is 4.27. The van der Waals surface area contributed by atoms with Crippen molar-refractivity contribution in [1.82, 2.24) is 0 Å². The molecule has 0 aliphatic carbocycles. The summed E-state index contributed by atoms with van der Waals surface area (Å²) in [4.78, 5) is 26.6. The Hall–Kier alpha value is -2.82. The van der Waals surface area contributed by atoms with E-state index in [0.29, 0.717) is 18.9 Å². The van der Waals surface area contributed by atoms with E-state index in [2.05, 4.69) is 5.32 Å². The van der Waals surface area contributed by atoms with Crippen LogP contribution in [0.3, 0.4) is 0 Å². The molecular formula is C20H22N2O3. The molecule has 0 spiro atoms. The van der Waals surface area contributed by atoms with E-state index in [1.54, 1.807) is 4.90 Å². The van der Waals surface area contributed by atoms with E-state index in [1.807, 2.05) is 62.4 Å². The molecule has 130 valence electrons. The fourth-order valence-corrected chi connectivity index (χ4v) is 2.95. The summed E-state index contributed by atoms with van der Waals surface area (Å²) in [5.74, 6) is 0.103. The number of nitrogens with zero attached hydrogens (tertiary/aromatic N) is 1. The lowest BCUT2D eigenvalue weighted by atomic mass is 10.1. The number of anilines is 2. The van der Waals surface area contributed by atoms with Gasteiger partial charge in [-0.05, 0) is 38.1 Å². The highest BCUT2D eigenvalue weighted by atomic mass is 16.5. The lowest BCUT2D eigenvalue weighted by Crippen LogP contribution is -2.28. The molecule has 1 saturated heterocycles. The van der Waals surface area contributed by atoms with Crippen LogP contribution >= 0.6 is 0 Å². The first-order valence-corrected chi connectivity index (χ1v) is 8.48. The van der Waals surface area contributed by atoms with E-state index in [0.717, 1.165) is 16.9 Å². The van der Waals surface area contributed by atoms with Crippen molar-refractivity contribution in [3.8, 4) is 5.75 Å². The number of hydrogen-bond acceptors (Lipinski definition) is 3. The summed E-state index contributed by atoms with van der Waals surface area (Å²) in [5.41, 5.74) is 2.60. The summed E-state index contributed by atoms with van der Waals surface area (Å²) < 4.78 is 5.61. The largest absolute Gasteiger partial charge is 0.492 e. The third kappa shape index (κ3) is 3.82. The topological polar surface area (TPSA) is 58.6 Å². The number of benzene rings is 2. The Morgan fingerprint density at radius 3 is 2.64 bits per heavy atom. The zero-order valence-corrected chi connectivity index (χ0v) is 14.5. The van der Waals surface area contributed by atoms with Crippen LogP contribution in [0.25, 0.3) is 0 Å². The Labute approximate surface area is 147 Å². The molecule has 3 rings (SSSR count). The van der Waals surface area contributed by atoms with E-state index in [9.17, 15) is 9.59 Å². The van der Waals surface area contributed by atoms with E-state index in [4.69, 9.17) is 4.74 Å². The average molecular weight is 338 g/mol. The molecule has 0 bridgehead atoms. The summed E-state index contributed by atoms with van der Waals surface area (Å²) in [6, 6.07) is 15.1. The smallest absolute Gasteiger partial charge is 0.229 e. The van der Waals surface area contributed by atoms with Gasteiger partial charge in [-0.1, -0.05) is 29.8 Å². The highest BCUT2D eigenvalue weighted by Crippen LogP contribution is 2.33. The molecule has 2 aromatic rings. The maximum absolute atomic E-state index is 12.5. The summed E-state index contributed by atoms with van der Waals surface area (Å²) in [6.45, 7) is 4.78. The molecule has 5 nitrogen and oxygen atoms in total. The SMILES string of the molecule is CCOc1ccccc1N1C[C@H](C(=O)Nc2ccc(C)cc2)CC1=O. The van der Waals surface area contributed by atoms with Crippen LogP contribution in [0.5, 0.6) is 5.75 Å². The molecule has 5 heteroatoms. The standard InChI is InChI=1S/C20H22N2O3/c1-3-25-18-7-5-4-6-17(18)22-13-15(12-19(22)23)20(24)21-16-10-8-14(2)9-11-16/h4-11,15H,3,12-13H2,1-2H3,(H,21,24)/t15-/m1/s1. The highest BCUT2D eigenvalue weighted by Gasteiger charge is 2.36. The van der Waals surface area contributed by atoms with Crippen LogP contribution in [0.1, 0.15) is 18.9 Å². The number of ether oxygens (including phenoxy) is 1. The number of para-hydroxylation sites is 2. The van der Waals surface area contributed by atoms with Crippen molar-refractivity contribution in [2.75, 3.05) is 23.4 Å². The Balaban J connectivity index is 1.72. The Morgan fingerprint density at radius 2 is 1.92 bits per heavy atom. The second-order valence-corrected chi connectivity index (χ2v) is 6.16. The second-order valence-electron chi connectivity index (χ2n) is 6.16. The van der Waals surface area contributed by atoms with Crippen molar-refractivity contribution in [2.24, 2.45) is 5.92 Å². The molecule has 1 aliphatic rings. The zero-order valence-electron chi connectivity index (χ0n) is 14.5. The van der Waals surface area contributed by atoms with Gasteiger partial charge in [0.1, 0.15) is 5.75 Å². The Morgan fingerprint density at radius 1 is 1.20 bits per heavy atom. The van der Waals surface area contributed by atoms with Gasteiger partial charge in [0, 0.05) is 18.7 Å².